The van der Waals surface area contributed by atoms with E-state index in [0.717, 1.165) is 28.2 Å². The number of hydrogen-bond donors (Lipinski definition) is 1. The highest BCUT2D eigenvalue weighted by atomic mass is 16.5. The zero-order valence-electron chi connectivity index (χ0n) is 25.3. The van der Waals surface area contributed by atoms with Crippen molar-refractivity contribution >= 4 is 22.9 Å². The molecule has 2 aromatic heterocycles. The SMILES string of the molecule is CCn1c(COC(c2ccccc2)(c2ccc(OC)cc2)c2ccc(OC)cc2)nc2c(NC(=O)c3ccccc3)ncnc21. The van der Waals surface area contributed by atoms with Crippen LogP contribution in [0.15, 0.2) is 116 Å². The third kappa shape index (κ3) is 5.73. The monoisotopic (exact) mass is 599 g/mol. The fourth-order valence-corrected chi connectivity index (χ4v) is 5.53. The van der Waals surface area contributed by atoms with E-state index in [2.05, 4.69) is 27.4 Å². The van der Waals surface area contributed by atoms with Crippen LogP contribution in [-0.2, 0) is 23.5 Å². The average Bonchev–Trinajstić information content (AvgIpc) is 3.48. The third-order valence-electron chi connectivity index (χ3n) is 7.79. The number of carbonyl (C=O) groups is 1. The molecule has 0 unspecified atom stereocenters. The lowest BCUT2D eigenvalue weighted by Gasteiger charge is -2.36. The van der Waals surface area contributed by atoms with E-state index in [-0.39, 0.29) is 12.5 Å². The predicted molar refractivity (Wildman–Crippen MR) is 172 cm³/mol. The second-order valence-electron chi connectivity index (χ2n) is 10.3. The summed E-state index contributed by atoms with van der Waals surface area (Å²) in [5, 5.41) is 2.91. The van der Waals surface area contributed by atoms with Crippen LogP contribution in [0.2, 0.25) is 0 Å². The number of nitrogens with one attached hydrogen (secondary N) is 1. The van der Waals surface area contributed by atoms with Crippen molar-refractivity contribution in [3.05, 3.63) is 144 Å². The van der Waals surface area contributed by atoms with Gasteiger partial charge < -0.3 is 24.1 Å². The van der Waals surface area contributed by atoms with Crippen LogP contribution in [0.1, 0.15) is 39.8 Å². The maximum absolute atomic E-state index is 13.0. The van der Waals surface area contributed by atoms with Crippen molar-refractivity contribution in [2.75, 3.05) is 19.5 Å². The van der Waals surface area contributed by atoms with Crippen LogP contribution in [0.25, 0.3) is 11.2 Å². The Kier molecular flexibility index (Phi) is 8.52. The number of anilines is 1. The highest BCUT2D eigenvalue weighted by Crippen LogP contribution is 2.42. The van der Waals surface area contributed by atoms with Gasteiger partial charge in [0.2, 0.25) is 0 Å². The molecule has 2 heterocycles. The molecule has 1 N–H and O–H groups in total. The summed E-state index contributed by atoms with van der Waals surface area (Å²) in [7, 11) is 3.29. The number of amides is 1. The molecule has 0 radical (unpaired) electrons. The summed E-state index contributed by atoms with van der Waals surface area (Å²) < 4.78 is 20.0. The molecule has 0 aliphatic carbocycles. The van der Waals surface area contributed by atoms with Crippen LogP contribution in [0.5, 0.6) is 11.5 Å². The molecule has 0 saturated heterocycles. The van der Waals surface area contributed by atoms with Gasteiger partial charge in [-0.05, 0) is 60.0 Å². The number of ether oxygens (including phenoxy) is 3. The minimum absolute atomic E-state index is 0.128. The van der Waals surface area contributed by atoms with Crippen molar-refractivity contribution in [2.24, 2.45) is 0 Å². The van der Waals surface area contributed by atoms with Crippen molar-refractivity contribution in [3.8, 4) is 11.5 Å². The highest BCUT2D eigenvalue weighted by molar-refractivity contribution is 6.06. The molecule has 0 atom stereocenters. The summed E-state index contributed by atoms with van der Waals surface area (Å²) in [4.78, 5) is 26.8. The number of benzene rings is 4. The Balaban J connectivity index is 1.45. The molecule has 0 saturated carbocycles. The average molecular weight is 600 g/mol. The maximum atomic E-state index is 13.0. The van der Waals surface area contributed by atoms with E-state index in [4.69, 9.17) is 19.2 Å². The second-order valence-corrected chi connectivity index (χ2v) is 10.3. The fourth-order valence-electron chi connectivity index (χ4n) is 5.53. The van der Waals surface area contributed by atoms with E-state index in [1.54, 1.807) is 26.4 Å². The minimum atomic E-state index is -1.02. The largest absolute Gasteiger partial charge is 0.497 e. The number of methoxy groups -OCH3 is 2. The molecular weight excluding hydrogens is 566 g/mol. The van der Waals surface area contributed by atoms with Crippen molar-refractivity contribution in [3.63, 3.8) is 0 Å². The molecule has 1 amide bonds. The lowest BCUT2D eigenvalue weighted by molar-refractivity contribution is -0.00430. The van der Waals surface area contributed by atoms with Gasteiger partial charge in [0.1, 0.15) is 35.9 Å². The van der Waals surface area contributed by atoms with Gasteiger partial charge in [-0.25, -0.2) is 15.0 Å². The molecule has 226 valence electrons. The van der Waals surface area contributed by atoms with Crippen molar-refractivity contribution < 1.29 is 19.0 Å². The van der Waals surface area contributed by atoms with Gasteiger partial charge in [-0.3, -0.25) is 4.79 Å². The second kappa shape index (κ2) is 13.0. The first kappa shape index (κ1) is 29.5. The minimum Gasteiger partial charge on any atom is -0.497 e. The Morgan fingerprint density at radius 3 is 1.87 bits per heavy atom. The first-order valence-corrected chi connectivity index (χ1v) is 14.6. The van der Waals surface area contributed by atoms with Crippen LogP contribution < -0.4 is 14.8 Å². The molecule has 45 heavy (non-hydrogen) atoms. The summed E-state index contributed by atoms with van der Waals surface area (Å²) in [5.41, 5.74) is 3.36. The van der Waals surface area contributed by atoms with Crippen LogP contribution in [0, 0.1) is 0 Å². The molecule has 6 rings (SSSR count). The maximum Gasteiger partial charge on any atom is 0.256 e. The quantitative estimate of drug-likeness (QED) is 0.167. The van der Waals surface area contributed by atoms with Crippen molar-refractivity contribution in [1.29, 1.82) is 0 Å². The smallest absolute Gasteiger partial charge is 0.256 e. The van der Waals surface area contributed by atoms with E-state index < -0.39 is 5.60 Å². The molecule has 0 aliphatic heterocycles. The van der Waals surface area contributed by atoms with E-state index >= 15 is 0 Å². The topological polar surface area (TPSA) is 100 Å². The summed E-state index contributed by atoms with van der Waals surface area (Å²) >= 11 is 0. The van der Waals surface area contributed by atoms with E-state index in [9.17, 15) is 4.79 Å². The molecule has 4 aromatic carbocycles. The number of nitrogens with zero attached hydrogens (tertiary/aromatic N) is 4. The highest BCUT2D eigenvalue weighted by Gasteiger charge is 2.38. The number of carbonyl (C=O) groups excluding carboxylic acids is 1. The molecule has 0 aliphatic rings. The summed E-state index contributed by atoms with van der Waals surface area (Å²) in [6, 6.07) is 34.9. The fraction of sp³-hybridized carbons (Fsp3) is 0.167. The number of aryl methyl sites for hydroxylation is 1. The first-order chi connectivity index (χ1) is 22.1. The number of fused-ring (bicyclic) bond motifs is 1. The third-order valence-corrected chi connectivity index (χ3v) is 7.79. The van der Waals surface area contributed by atoms with E-state index in [0.29, 0.717) is 34.9 Å². The normalized spacial score (nSPS) is 11.4. The van der Waals surface area contributed by atoms with Gasteiger partial charge in [0.15, 0.2) is 17.0 Å². The molecule has 0 fully saturated rings. The van der Waals surface area contributed by atoms with Gasteiger partial charge in [0, 0.05) is 12.1 Å². The number of imidazole rings is 1. The van der Waals surface area contributed by atoms with Crippen LogP contribution in [0.3, 0.4) is 0 Å². The summed E-state index contributed by atoms with van der Waals surface area (Å²) in [6.07, 6.45) is 1.43. The van der Waals surface area contributed by atoms with E-state index in [1.165, 1.54) is 6.33 Å². The molecule has 6 aromatic rings. The standard InChI is InChI=1S/C36H33N5O4/c1-4-41-31(39-32-33(37-24-38-34(32)41)40-35(42)25-11-7-5-8-12-25)23-45-36(26-13-9-6-10-14-26,27-15-19-29(43-2)20-16-27)28-17-21-30(44-3)22-18-28/h5-22,24H,4,23H2,1-3H3,(H,37,38,40,42). The Bertz CT molecular complexity index is 1840. The summed E-state index contributed by atoms with van der Waals surface area (Å²) in [5.74, 6) is 2.19. The van der Waals surface area contributed by atoms with Gasteiger partial charge in [-0.15, -0.1) is 0 Å². The van der Waals surface area contributed by atoms with Gasteiger partial charge in [0.05, 0.1) is 14.2 Å². The molecule has 0 spiro atoms. The van der Waals surface area contributed by atoms with Gasteiger partial charge in [-0.1, -0.05) is 72.8 Å². The van der Waals surface area contributed by atoms with E-state index in [1.807, 2.05) is 96.4 Å². The molecule has 9 heteroatoms. The molecule has 9 nitrogen and oxygen atoms in total. The Hall–Kier alpha value is -5.54. The molecular formula is C36H33N5O4. The van der Waals surface area contributed by atoms with Gasteiger partial charge in [0.25, 0.3) is 5.91 Å². The number of aromatic nitrogens is 4. The van der Waals surface area contributed by atoms with Crippen molar-refractivity contribution in [2.45, 2.75) is 25.7 Å². The lowest BCUT2D eigenvalue weighted by Crippen LogP contribution is -2.33. The number of rotatable bonds is 11. The van der Waals surface area contributed by atoms with Crippen LogP contribution >= 0.6 is 0 Å². The zero-order chi connectivity index (χ0) is 31.2. The summed E-state index contributed by atoms with van der Waals surface area (Å²) in [6.45, 7) is 2.73. The number of hydrogen-bond acceptors (Lipinski definition) is 7. The Morgan fingerprint density at radius 2 is 1.31 bits per heavy atom. The Morgan fingerprint density at radius 1 is 0.756 bits per heavy atom. The molecule has 0 bridgehead atoms. The first-order valence-electron chi connectivity index (χ1n) is 14.6. The predicted octanol–water partition coefficient (Wildman–Crippen LogP) is 6.62. The zero-order valence-corrected chi connectivity index (χ0v) is 25.3. The van der Waals surface area contributed by atoms with Crippen LogP contribution in [0.4, 0.5) is 5.82 Å². The lowest BCUT2D eigenvalue weighted by atomic mass is 9.80. The Labute approximate surface area is 261 Å². The van der Waals surface area contributed by atoms with Crippen molar-refractivity contribution in [1.82, 2.24) is 19.5 Å². The van der Waals surface area contributed by atoms with Gasteiger partial charge in [-0.2, -0.15) is 0 Å². The van der Waals surface area contributed by atoms with Gasteiger partial charge >= 0.3 is 0 Å². The van der Waals surface area contributed by atoms with Crippen LogP contribution in [-0.4, -0.2) is 39.6 Å².